The van der Waals surface area contributed by atoms with Crippen molar-refractivity contribution in [3.8, 4) is 11.4 Å². The van der Waals surface area contributed by atoms with Crippen molar-refractivity contribution in [1.82, 2.24) is 15.2 Å². The van der Waals surface area contributed by atoms with E-state index in [4.69, 9.17) is 4.74 Å². The average Bonchev–Trinajstić information content (AvgIpc) is 3.10. The molecule has 0 aliphatic carbocycles. The third kappa shape index (κ3) is 6.93. The first kappa shape index (κ1) is 27.4. The minimum absolute atomic E-state index is 0.00772. The highest BCUT2D eigenvalue weighted by Gasteiger charge is 2.30. The zero-order chi connectivity index (χ0) is 27.4. The number of aryl methyl sites for hydroxylation is 1. The Morgan fingerprint density at radius 2 is 1.84 bits per heavy atom. The average molecular weight is 508 g/mol. The molecule has 0 fully saturated rings. The van der Waals surface area contributed by atoms with Gasteiger partial charge < -0.3 is 4.74 Å². The van der Waals surface area contributed by atoms with Crippen LogP contribution in [0, 0.1) is 22.5 Å². The molecule has 10 heteroatoms. The normalized spacial score (nSPS) is 12.1. The molecule has 2 aromatic carbocycles. The first-order valence-electron chi connectivity index (χ1n) is 11.9. The number of amides is 1. The van der Waals surface area contributed by atoms with E-state index in [2.05, 4.69) is 36.4 Å². The highest BCUT2D eigenvalue weighted by molar-refractivity contribution is 5.83. The van der Waals surface area contributed by atoms with Gasteiger partial charge in [0, 0.05) is 11.8 Å². The van der Waals surface area contributed by atoms with Gasteiger partial charge in [-0.05, 0) is 47.9 Å². The highest BCUT2D eigenvalue weighted by atomic mass is 16.6. The lowest BCUT2D eigenvalue weighted by Gasteiger charge is -2.33. The van der Waals surface area contributed by atoms with Crippen LogP contribution in [0.15, 0.2) is 58.4 Å². The number of para-hydroxylation sites is 1. The number of aromatic nitrogens is 2. The van der Waals surface area contributed by atoms with E-state index in [0.29, 0.717) is 11.4 Å². The second-order valence-corrected chi connectivity index (χ2v) is 10.8. The van der Waals surface area contributed by atoms with Crippen LogP contribution in [-0.4, -0.2) is 33.4 Å². The Labute approximate surface area is 215 Å². The molecule has 0 aliphatic rings. The van der Waals surface area contributed by atoms with Gasteiger partial charge >= 0.3 is 5.69 Å². The summed E-state index contributed by atoms with van der Waals surface area (Å²) < 4.78 is 6.82. The van der Waals surface area contributed by atoms with Gasteiger partial charge in [0.25, 0.3) is 11.5 Å². The van der Waals surface area contributed by atoms with E-state index in [1.165, 1.54) is 23.0 Å². The molecule has 0 radical (unpaired) electrons. The highest BCUT2D eigenvalue weighted by Crippen LogP contribution is 2.39. The molecule has 196 valence electrons. The molecule has 0 saturated carbocycles. The lowest BCUT2D eigenvalue weighted by Crippen LogP contribution is -2.26. The van der Waals surface area contributed by atoms with Gasteiger partial charge in [-0.2, -0.15) is 5.10 Å². The molecule has 3 aromatic rings. The number of hydrogen-bond acceptors (Lipinski definition) is 6. The summed E-state index contributed by atoms with van der Waals surface area (Å²) in [5, 5.41) is 18.5. The van der Waals surface area contributed by atoms with Gasteiger partial charge in [0.2, 0.25) is 0 Å². The van der Waals surface area contributed by atoms with Crippen LogP contribution >= 0.6 is 0 Å². The van der Waals surface area contributed by atoms with Crippen molar-refractivity contribution >= 4 is 17.8 Å². The number of carbonyl (C=O) groups is 1. The second-order valence-electron chi connectivity index (χ2n) is 10.8. The van der Waals surface area contributed by atoms with Crippen LogP contribution in [-0.2, 0) is 10.2 Å². The standard InChI is InChI=1S/C27H33N5O5/c1-18-21(25(34)31(30-18)20-10-8-7-9-11-20)15-28-29-24(33)16-37-23-13-12-19(14-22(23)32(35)36)27(5,6)17-26(2,3)4/h7-15,30H,16-17H2,1-6H3,(H,29,33)/b28-15+. The molecular formula is C27H33N5O5. The summed E-state index contributed by atoms with van der Waals surface area (Å²) in [6, 6.07) is 13.9. The number of hydrazone groups is 1. The number of ether oxygens (including phenoxy) is 1. The van der Waals surface area contributed by atoms with Crippen molar-refractivity contribution in [3.05, 3.63) is 85.8 Å². The van der Waals surface area contributed by atoms with E-state index in [-0.39, 0.29) is 33.4 Å². The molecule has 0 spiro atoms. The number of H-pyrrole nitrogens is 1. The topological polar surface area (TPSA) is 132 Å². The summed E-state index contributed by atoms with van der Waals surface area (Å²) in [6.07, 6.45) is 2.08. The van der Waals surface area contributed by atoms with Crippen LogP contribution in [0.5, 0.6) is 5.75 Å². The summed E-state index contributed by atoms with van der Waals surface area (Å²) in [6.45, 7) is 11.7. The van der Waals surface area contributed by atoms with Crippen molar-refractivity contribution in [2.24, 2.45) is 10.5 Å². The Kier molecular flexibility index (Phi) is 8.00. The van der Waals surface area contributed by atoms with E-state index >= 15 is 0 Å². The number of nitrogens with one attached hydrogen (secondary N) is 2. The Bertz CT molecular complexity index is 1360. The molecule has 1 heterocycles. The number of nitro benzene ring substituents is 1. The van der Waals surface area contributed by atoms with Crippen LogP contribution in [0.25, 0.3) is 5.69 Å². The molecule has 0 aliphatic heterocycles. The smallest absolute Gasteiger partial charge is 0.311 e. The van der Waals surface area contributed by atoms with Gasteiger partial charge in [-0.15, -0.1) is 0 Å². The van der Waals surface area contributed by atoms with Crippen LogP contribution in [0.3, 0.4) is 0 Å². The summed E-state index contributed by atoms with van der Waals surface area (Å²) in [4.78, 5) is 36.1. The number of hydrogen-bond donors (Lipinski definition) is 2. The Morgan fingerprint density at radius 1 is 1.16 bits per heavy atom. The predicted octanol–water partition coefficient (Wildman–Crippen LogP) is 4.63. The molecule has 37 heavy (non-hydrogen) atoms. The van der Waals surface area contributed by atoms with Crippen molar-refractivity contribution in [2.45, 2.75) is 53.4 Å². The molecule has 2 N–H and O–H groups in total. The molecule has 0 unspecified atom stereocenters. The first-order chi connectivity index (χ1) is 17.3. The number of benzene rings is 2. The predicted molar refractivity (Wildman–Crippen MR) is 143 cm³/mol. The monoisotopic (exact) mass is 507 g/mol. The zero-order valence-corrected chi connectivity index (χ0v) is 22.0. The van der Waals surface area contributed by atoms with E-state index in [1.54, 1.807) is 25.1 Å². The van der Waals surface area contributed by atoms with E-state index in [0.717, 1.165) is 12.0 Å². The van der Waals surface area contributed by atoms with Crippen molar-refractivity contribution in [1.29, 1.82) is 0 Å². The largest absolute Gasteiger partial charge is 0.477 e. The molecule has 1 aromatic heterocycles. The van der Waals surface area contributed by atoms with Crippen LogP contribution in [0.2, 0.25) is 0 Å². The maximum atomic E-state index is 12.7. The van der Waals surface area contributed by atoms with Crippen molar-refractivity contribution in [3.63, 3.8) is 0 Å². The zero-order valence-electron chi connectivity index (χ0n) is 22.0. The number of aromatic amines is 1. The van der Waals surface area contributed by atoms with Gasteiger partial charge in [-0.3, -0.25) is 24.8 Å². The minimum Gasteiger partial charge on any atom is -0.477 e. The SMILES string of the molecule is Cc1[nH]n(-c2ccccc2)c(=O)c1/C=N/NC(=O)COc1ccc(C(C)(C)CC(C)(C)C)cc1[N+](=O)[O-]. The summed E-state index contributed by atoms with van der Waals surface area (Å²) in [5.74, 6) is -0.633. The molecular weight excluding hydrogens is 474 g/mol. The van der Waals surface area contributed by atoms with Gasteiger partial charge in [0.05, 0.1) is 22.4 Å². The maximum Gasteiger partial charge on any atom is 0.311 e. The summed E-state index contributed by atoms with van der Waals surface area (Å²) >= 11 is 0. The van der Waals surface area contributed by atoms with Gasteiger partial charge in [-0.1, -0.05) is 58.9 Å². The third-order valence-corrected chi connectivity index (χ3v) is 5.78. The molecule has 3 rings (SSSR count). The van der Waals surface area contributed by atoms with Crippen LogP contribution in [0.4, 0.5) is 5.69 Å². The lowest BCUT2D eigenvalue weighted by atomic mass is 9.72. The molecule has 1 amide bonds. The van der Waals surface area contributed by atoms with Crippen molar-refractivity contribution < 1.29 is 14.5 Å². The molecule has 0 bridgehead atoms. The fraction of sp³-hybridized carbons (Fsp3) is 0.370. The Balaban J connectivity index is 1.67. The quantitative estimate of drug-likeness (QED) is 0.248. The van der Waals surface area contributed by atoms with Gasteiger partial charge in [0.15, 0.2) is 12.4 Å². The molecule has 10 nitrogen and oxygen atoms in total. The Morgan fingerprint density at radius 3 is 2.46 bits per heavy atom. The Hall–Kier alpha value is -4.21. The van der Waals surface area contributed by atoms with Crippen LogP contribution < -0.4 is 15.7 Å². The maximum absolute atomic E-state index is 12.7. The summed E-state index contributed by atoms with van der Waals surface area (Å²) in [7, 11) is 0. The van der Waals surface area contributed by atoms with Gasteiger partial charge in [-0.25, -0.2) is 10.1 Å². The van der Waals surface area contributed by atoms with E-state index in [1.807, 2.05) is 32.0 Å². The molecule has 0 atom stereocenters. The van der Waals surface area contributed by atoms with Crippen molar-refractivity contribution in [2.75, 3.05) is 6.61 Å². The number of nitrogens with zero attached hydrogens (tertiary/aromatic N) is 3. The number of nitro groups is 1. The fourth-order valence-corrected chi connectivity index (χ4v) is 4.45. The fourth-order valence-electron chi connectivity index (χ4n) is 4.45. The first-order valence-corrected chi connectivity index (χ1v) is 11.9. The third-order valence-electron chi connectivity index (χ3n) is 5.78. The van der Waals surface area contributed by atoms with Gasteiger partial charge in [0.1, 0.15) is 0 Å². The summed E-state index contributed by atoms with van der Waals surface area (Å²) in [5.41, 5.74) is 3.87. The molecule has 0 saturated heterocycles. The lowest BCUT2D eigenvalue weighted by molar-refractivity contribution is -0.385. The minimum atomic E-state index is -0.626. The number of carbonyl (C=O) groups excluding carboxylic acids is 1. The second kappa shape index (κ2) is 10.8. The van der Waals surface area contributed by atoms with Crippen LogP contribution in [0.1, 0.15) is 57.9 Å². The number of rotatable bonds is 9. The van der Waals surface area contributed by atoms with E-state index < -0.39 is 17.4 Å². The van der Waals surface area contributed by atoms with E-state index in [9.17, 15) is 19.7 Å².